The van der Waals surface area contributed by atoms with Crippen LogP contribution in [0, 0.1) is 0 Å². The quantitative estimate of drug-likeness (QED) is 0.397. The second kappa shape index (κ2) is 11.5. The lowest BCUT2D eigenvalue weighted by Gasteiger charge is -2.10. The van der Waals surface area contributed by atoms with E-state index in [-0.39, 0.29) is 5.75 Å². The third-order valence-electron chi connectivity index (χ3n) is 4.57. The molecule has 10 heteroatoms. The number of nitrogens with two attached hydrogens (primary N) is 1. The van der Waals surface area contributed by atoms with Gasteiger partial charge >= 0.3 is 6.36 Å². The molecule has 0 aliphatic heterocycles. The number of nitrogens with one attached hydrogen (secondary N) is 1. The summed E-state index contributed by atoms with van der Waals surface area (Å²) in [5, 5.41) is 6.20. The summed E-state index contributed by atoms with van der Waals surface area (Å²) in [6, 6.07) is 13.3. The zero-order valence-corrected chi connectivity index (χ0v) is 18.8. The highest BCUT2D eigenvalue weighted by Crippen LogP contribution is 2.24. The summed E-state index contributed by atoms with van der Waals surface area (Å²) in [4.78, 5) is 5.36. The van der Waals surface area contributed by atoms with Gasteiger partial charge in [-0.25, -0.2) is 4.99 Å². The van der Waals surface area contributed by atoms with Crippen LogP contribution in [0.25, 0.3) is 0 Å². The molecule has 0 aliphatic carbocycles. The standard InChI is InChI=1S/C22H24ClF3N4OS/c23-17-4-2-16(3-5-17)10-12-28-14-19-15-32-21(30(19)13-1-11-27)29-18-6-8-20(9-7-18)31-22(24,25)26/h2-9,15,28H,1,10-14,27H2. The zero-order valence-electron chi connectivity index (χ0n) is 17.2. The summed E-state index contributed by atoms with van der Waals surface area (Å²) >= 11 is 7.40. The number of halogens is 4. The van der Waals surface area contributed by atoms with Crippen molar-refractivity contribution in [3.63, 3.8) is 0 Å². The van der Waals surface area contributed by atoms with Crippen LogP contribution in [0.2, 0.25) is 5.02 Å². The molecule has 1 heterocycles. The van der Waals surface area contributed by atoms with Crippen LogP contribution >= 0.6 is 22.9 Å². The minimum absolute atomic E-state index is 0.274. The van der Waals surface area contributed by atoms with E-state index in [1.165, 1.54) is 41.2 Å². The van der Waals surface area contributed by atoms with Gasteiger partial charge in [0.25, 0.3) is 0 Å². The lowest BCUT2D eigenvalue weighted by molar-refractivity contribution is -0.274. The fraction of sp³-hybridized carbons (Fsp3) is 0.318. The van der Waals surface area contributed by atoms with Gasteiger partial charge in [0.2, 0.25) is 0 Å². The van der Waals surface area contributed by atoms with Gasteiger partial charge < -0.3 is 20.4 Å². The number of rotatable bonds is 10. The number of ether oxygens (including phenoxy) is 1. The molecule has 0 amide bonds. The van der Waals surface area contributed by atoms with Crippen molar-refractivity contribution in [3.8, 4) is 5.75 Å². The molecule has 0 saturated heterocycles. The van der Waals surface area contributed by atoms with Crippen LogP contribution in [-0.4, -0.2) is 24.0 Å². The Labute approximate surface area is 193 Å². The third-order valence-corrected chi connectivity index (χ3v) is 5.73. The third kappa shape index (κ3) is 7.67. The van der Waals surface area contributed by atoms with Crippen LogP contribution in [0.3, 0.4) is 0 Å². The fourth-order valence-corrected chi connectivity index (χ4v) is 4.09. The van der Waals surface area contributed by atoms with E-state index in [4.69, 9.17) is 17.3 Å². The molecule has 0 fully saturated rings. The maximum atomic E-state index is 12.3. The van der Waals surface area contributed by atoms with E-state index in [0.29, 0.717) is 25.3 Å². The lowest BCUT2D eigenvalue weighted by Crippen LogP contribution is -2.24. The molecular weight excluding hydrogens is 461 g/mol. The van der Waals surface area contributed by atoms with Crippen LogP contribution in [0.5, 0.6) is 5.75 Å². The van der Waals surface area contributed by atoms with Crippen molar-refractivity contribution in [1.29, 1.82) is 0 Å². The Kier molecular flexibility index (Phi) is 8.75. The predicted molar refractivity (Wildman–Crippen MR) is 121 cm³/mol. The smallest absolute Gasteiger partial charge is 0.406 e. The van der Waals surface area contributed by atoms with Crippen LogP contribution in [0.1, 0.15) is 17.7 Å². The van der Waals surface area contributed by atoms with Gasteiger partial charge in [-0.3, -0.25) is 0 Å². The van der Waals surface area contributed by atoms with Gasteiger partial charge in [0.05, 0.1) is 5.69 Å². The second-order valence-electron chi connectivity index (χ2n) is 7.01. The fourth-order valence-electron chi connectivity index (χ4n) is 3.02. The molecule has 0 spiro atoms. The molecule has 0 atom stereocenters. The lowest BCUT2D eigenvalue weighted by atomic mass is 10.1. The highest BCUT2D eigenvalue weighted by atomic mass is 35.5. The minimum atomic E-state index is -4.72. The van der Waals surface area contributed by atoms with Crippen LogP contribution < -0.4 is 20.6 Å². The molecule has 2 aromatic carbocycles. The summed E-state index contributed by atoms with van der Waals surface area (Å²) in [6.45, 7) is 2.74. The van der Waals surface area contributed by atoms with Crippen molar-refractivity contribution in [2.75, 3.05) is 13.1 Å². The molecule has 0 bridgehead atoms. The van der Waals surface area contributed by atoms with Crippen LogP contribution in [-0.2, 0) is 19.5 Å². The van der Waals surface area contributed by atoms with Crippen molar-refractivity contribution >= 4 is 28.6 Å². The molecular formula is C22H24ClF3N4OS. The maximum absolute atomic E-state index is 12.3. The van der Waals surface area contributed by atoms with Gasteiger partial charge in [-0.05, 0) is 67.9 Å². The summed E-state index contributed by atoms with van der Waals surface area (Å²) in [6.07, 6.45) is -3.04. The van der Waals surface area contributed by atoms with Gasteiger partial charge in [-0.2, -0.15) is 0 Å². The first-order chi connectivity index (χ1) is 15.3. The van der Waals surface area contributed by atoms with E-state index >= 15 is 0 Å². The Hall–Kier alpha value is -2.33. The van der Waals surface area contributed by atoms with Gasteiger partial charge in [-0.1, -0.05) is 23.7 Å². The molecule has 0 radical (unpaired) electrons. The molecule has 32 heavy (non-hydrogen) atoms. The normalized spacial score (nSPS) is 12.3. The summed E-state index contributed by atoms with van der Waals surface area (Å²) in [7, 11) is 0. The topological polar surface area (TPSA) is 64.6 Å². The van der Waals surface area contributed by atoms with Crippen molar-refractivity contribution in [1.82, 2.24) is 9.88 Å². The van der Waals surface area contributed by atoms with E-state index in [1.54, 1.807) is 0 Å². The Bertz CT molecular complexity index is 1050. The second-order valence-corrected chi connectivity index (χ2v) is 8.28. The summed E-state index contributed by atoms with van der Waals surface area (Å²) in [5.41, 5.74) is 8.52. The molecule has 0 aliphatic rings. The number of hydrogen-bond acceptors (Lipinski definition) is 5. The first-order valence-corrected chi connectivity index (χ1v) is 11.3. The van der Waals surface area contributed by atoms with E-state index in [9.17, 15) is 13.2 Å². The Balaban J connectivity index is 1.67. The number of benzene rings is 2. The highest BCUT2D eigenvalue weighted by molar-refractivity contribution is 7.07. The highest BCUT2D eigenvalue weighted by Gasteiger charge is 2.30. The number of nitrogens with zero attached hydrogens (tertiary/aromatic N) is 2. The number of hydrogen-bond donors (Lipinski definition) is 2. The Morgan fingerprint density at radius 3 is 2.47 bits per heavy atom. The molecule has 3 aromatic rings. The van der Waals surface area contributed by atoms with E-state index in [0.717, 1.165) is 34.9 Å². The van der Waals surface area contributed by atoms with Gasteiger partial charge in [-0.15, -0.1) is 24.5 Å². The maximum Gasteiger partial charge on any atom is 0.573 e. The number of alkyl halides is 3. The SMILES string of the molecule is NCCCn1c(CNCCc2ccc(Cl)cc2)csc1=Nc1ccc(OC(F)(F)F)cc1. The predicted octanol–water partition coefficient (Wildman–Crippen LogP) is 5.02. The number of aromatic nitrogens is 1. The monoisotopic (exact) mass is 484 g/mol. The Morgan fingerprint density at radius 1 is 1.09 bits per heavy atom. The molecule has 3 rings (SSSR count). The molecule has 0 unspecified atom stereocenters. The molecule has 172 valence electrons. The Morgan fingerprint density at radius 2 is 1.81 bits per heavy atom. The minimum Gasteiger partial charge on any atom is -0.406 e. The van der Waals surface area contributed by atoms with Crippen molar-refractivity contribution < 1.29 is 17.9 Å². The van der Waals surface area contributed by atoms with Crippen molar-refractivity contribution in [2.45, 2.75) is 32.3 Å². The first kappa shape index (κ1) is 24.3. The first-order valence-electron chi connectivity index (χ1n) is 10.1. The van der Waals surface area contributed by atoms with Crippen LogP contribution in [0.15, 0.2) is 58.9 Å². The molecule has 1 aromatic heterocycles. The van der Waals surface area contributed by atoms with Gasteiger partial charge in [0.15, 0.2) is 4.80 Å². The van der Waals surface area contributed by atoms with Crippen molar-refractivity contribution in [3.05, 3.63) is 75.0 Å². The van der Waals surface area contributed by atoms with E-state index in [2.05, 4.69) is 19.6 Å². The summed E-state index contributed by atoms with van der Waals surface area (Å²) < 4.78 is 43.0. The largest absolute Gasteiger partial charge is 0.573 e. The summed E-state index contributed by atoms with van der Waals surface area (Å²) in [5.74, 6) is -0.274. The number of thiazole rings is 1. The molecule has 5 nitrogen and oxygen atoms in total. The average molecular weight is 485 g/mol. The molecule has 0 saturated carbocycles. The average Bonchev–Trinajstić information content (AvgIpc) is 3.12. The van der Waals surface area contributed by atoms with Gasteiger partial charge in [0, 0.05) is 29.2 Å². The van der Waals surface area contributed by atoms with Gasteiger partial charge in [0.1, 0.15) is 5.75 Å². The van der Waals surface area contributed by atoms with E-state index < -0.39 is 6.36 Å². The van der Waals surface area contributed by atoms with Crippen molar-refractivity contribution in [2.24, 2.45) is 10.7 Å². The zero-order chi connectivity index (χ0) is 23.0. The molecule has 3 N–H and O–H groups in total. The van der Waals surface area contributed by atoms with E-state index in [1.807, 2.05) is 29.6 Å². The van der Waals surface area contributed by atoms with Crippen LogP contribution in [0.4, 0.5) is 18.9 Å².